The molecule has 33 heavy (non-hydrogen) atoms. The zero-order valence-electron chi connectivity index (χ0n) is 17.7. The number of nitrogens with two attached hydrogens (primary N) is 1. The summed E-state index contributed by atoms with van der Waals surface area (Å²) < 4.78 is 38.8. The molecule has 0 saturated heterocycles. The van der Waals surface area contributed by atoms with Crippen LogP contribution < -0.4 is 11.1 Å². The van der Waals surface area contributed by atoms with Gasteiger partial charge < -0.3 is 16.2 Å². The van der Waals surface area contributed by atoms with Crippen LogP contribution in [0.1, 0.15) is 41.9 Å². The smallest absolute Gasteiger partial charge is 0.383 e. The number of nitrogens with one attached hydrogen (secondary N) is 1. The van der Waals surface area contributed by atoms with Crippen LogP contribution in [0.25, 0.3) is 10.4 Å². The van der Waals surface area contributed by atoms with Crippen molar-refractivity contribution in [2.24, 2.45) is 11.7 Å². The van der Waals surface area contributed by atoms with Crippen LogP contribution in [0.4, 0.5) is 24.8 Å². The van der Waals surface area contributed by atoms with Crippen LogP contribution in [0.3, 0.4) is 0 Å². The van der Waals surface area contributed by atoms with Gasteiger partial charge in [0.25, 0.3) is 0 Å². The highest BCUT2D eigenvalue weighted by molar-refractivity contribution is 7.15. The van der Waals surface area contributed by atoms with E-state index < -0.39 is 17.5 Å². The Morgan fingerprint density at radius 3 is 2.64 bits per heavy atom. The van der Waals surface area contributed by atoms with E-state index >= 15 is 0 Å². The maximum atomic E-state index is 12.9. The van der Waals surface area contributed by atoms with Crippen LogP contribution in [0.2, 0.25) is 0 Å². The first kappa shape index (κ1) is 23.1. The first-order valence-corrected chi connectivity index (χ1v) is 11.1. The summed E-state index contributed by atoms with van der Waals surface area (Å²) in [7, 11) is 0. The van der Waals surface area contributed by atoms with Crippen molar-refractivity contribution in [3.05, 3.63) is 52.9 Å². The van der Waals surface area contributed by atoms with Gasteiger partial charge >= 0.3 is 6.18 Å². The fourth-order valence-electron chi connectivity index (χ4n) is 3.92. The topological polar surface area (TPSA) is 114 Å². The van der Waals surface area contributed by atoms with Crippen LogP contribution >= 0.6 is 11.3 Å². The van der Waals surface area contributed by atoms with Gasteiger partial charge in [0.05, 0.1) is 4.88 Å². The van der Waals surface area contributed by atoms with Gasteiger partial charge in [0.2, 0.25) is 11.9 Å². The van der Waals surface area contributed by atoms with E-state index in [0.717, 1.165) is 28.3 Å². The molecular weight excluding hydrogens is 455 g/mol. The number of aromatic nitrogens is 3. The number of rotatable bonds is 5. The molecular formula is C22H22F3N5O2S. The number of carbonyl (C=O) groups is 1. The van der Waals surface area contributed by atoms with Crippen molar-refractivity contribution in [3.8, 4) is 10.4 Å². The van der Waals surface area contributed by atoms with Crippen molar-refractivity contribution in [1.82, 2.24) is 15.0 Å². The van der Waals surface area contributed by atoms with Gasteiger partial charge in [0.15, 0.2) is 0 Å². The Balaban J connectivity index is 1.56. The Labute approximate surface area is 191 Å². The number of nitrogens with zero attached hydrogens (tertiary/aromatic N) is 3. The number of aryl methyl sites for hydroxylation is 1. The molecule has 1 aliphatic rings. The molecule has 4 rings (SSSR count). The monoisotopic (exact) mass is 477 g/mol. The molecule has 3 aromatic rings. The number of thiazole rings is 1. The number of alkyl halides is 3. The number of primary amides is 1. The number of hydrogen-bond donors (Lipinski definition) is 3. The second kappa shape index (κ2) is 8.71. The summed E-state index contributed by atoms with van der Waals surface area (Å²) in [5.74, 6) is -0.735. The van der Waals surface area contributed by atoms with E-state index in [1.807, 2.05) is 13.0 Å². The molecule has 0 bridgehead atoms. The van der Waals surface area contributed by atoms with Gasteiger partial charge in [-0.2, -0.15) is 13.2 Å². The fraction of sp³-hybridized carbons (Fsp3) is 0.364. The van der Waals surface area contributed by atoms with E-state index in [-0.39, 0.29) is 17.8 Å². The van der Waals surface area contributed by atoms with Crippen molar-refractivity contribution in [3.63, 3.8) is 0 Å². The van der Waals surface area contributed by atoms with E-state index in [9.17, 15) is 23.1 Å². The zero-order chi connectivity index (χ0) is 23.8. The van der Waals surface area contributed by atoms with E-state index in [0.29, 0.717) is 36.4 Å². The number of halogens is 3. The minimum Gasteiger partial charge on any atom is -0.383 e. The summed E-state index contributed by atoms with van der Waals surface area (Å²) in [4.78, 5) is 24.0. The van der Waals surface area contributed by atoms with E-state index in [1.165, 1.54) is 11.3 Å². The maximum absolute atomic E-state index is 12.9. The molecule has 1 fully saturated rings. The van der Waals surface area contributed by atoms with Crippen molar-refractivity contribution in [1.29, 1.82) is 0 Å². The quantitative estimate of drug-likeness (QED) is 0.497. The zero-order valence-corrected chi connectivity index (χ0v) is 18.5. The molecule has 2 heterocycles. The van der Waals surface area contributed by atoms with Gasteiger partial charge in [0.1, 0.15) is 16.3 Å². The molecule has 2 aromatic heterocycles. The van der Waals surface area contributed by atoms with Crippen LogP contribution in [-0.2, 0) is 16.6 Å². The first-order chi connectivity index (χ1) is 15.5. The molecule has 4 N–H and O–H groups in total. The Morgan fingerprint density at radius 1 is 1.24 bits per heavy atom. The highest BCUT2D eigenvalue weighted by Gasteiger charge is 2.39. The molecule has 1 aliphatic carbocycles. The van der Waals surface area contributed by atoms with Gasteiger partial charge in [-0.05, 0) is 61.9 Å². The largest absolute Gasteiger partial charge is 0.433 e. The molecule has 0 aliphatic heterocycles. The predicted molar refractivity (Wildman–Crippen MR) is 118 cm³/mol. The van der Waals surface area contributed by atoms with Gasteiger partial charge in [-0.1, -0.05) is 6.07 Å². The third-order valence-electron chi connectivity index (χ3n) is 5.68. The average molecular weight is 478 g/mol. The van der Waals surface area contributed by atoms with Gasteiger partial charge in [-0.3, -0.25) is 4.79 Å². The highest BCUT2D eigenvalue weighted by atomic mass is 32.1. The molecule has 11 heteroatoms. The third kappa shape index (κ3) is 5.14. The maximum Gasteiger partial charge on any atom is 0.433 e. The molecule has 1 saturated carbocycles. The number of carbonyl (C=O) groups excluding carboxylic acids is 1. The number of amides is 1. The van der Waals surface area contributed by atoms with Crippen molar-refractivity contribution in [2.45, 2.75) is 44.4 Å². The van der Waals surface area contributed by atoms with Crippen molar-refractivity contribution in [2.75, 3.05) is 5.32 Å². The molecule has 0 radical (unpaired) electrons. The summed E-state index contributed by atoms with van der Waals surface area (Å²) in [6, 6.07) is 6.27. The van der Waals surface area contributed by atoms with E-state index in [4.69, 9.17) is 5.73 Å². The van der Waals surface area contributed by atoms with Crippen molar-refractivity contribution < 1.29 is 23.1 Å². The summed E-state index contributed by atoms with van der Waals surface area (Å²) in [5, 5.41) is 14.5. The Bertz CT molecular complexity index is 1170. The number of hydrogen-bond acceptors (Lipinski definition) is 7. The number of aliphatic hydroxyl groups is 1. The molecule has 174 valence electrons. The Morgan fingerprint density at radius 2 is 1.97 bits per heavy atom. The molecule has 7 nitrogen and oxygen atoms in total. The van der Waals surface area contributed by atoms with Crippen LogP contribution in [0.5, 0.6) is 0 Å². The number of benzene rings is 1. The standard InChI is InChI=1S/C22H22F3N5O2S/c1-12-8-14(10-15(9-12)29-20-27-7-4-17(30-20)22(23,24)25)16-11-28-19(33-16)21(32)5-2-13(3-6-21)18(26)31/h4,7-11,13,32H,2-3,5-6H2,1H3,(H2,26,31)(H,27,29,30)/t13-,21+. The van der Waals surface area contributed by atoms with Crippen LogP contribution in [0.15, 0.2) is 36.7 Å². The summed E-state index contributed by atoms with van der Waals surface area (Å²) in [6.45, 7) is 1.86. The predicted octanol–water partition coefficient (Wildman–Crippen LogP) is 4.53. The lowest BCUT2D eigenvalue weighted by molar-refractivity contribution is -0.141. The summed E-state index contributed by atoms with van der Waals surface area (Å²) in [6.07, 6.45) is -0.0168. The molecule has 0 spiro atoms. The van der Waals surface area contributed by atoms with Gasteiger partial charge in [-0.15, -0.1) is 11.3 Å². The fourth-order valence-corrected chi connectivity index (χ4v) is 4.97. The summed E-state index contributed by atoms with van der Waals surface area (Å²) >= 11 is 1.35. The number of anilines is 2. The molecule has 1 amide bonds. The second-order valence-electron chi connectivity index (χ2n) is 8.21. The second-order valence-corrected chi connectivity index (χ2v) is 9.24. The third-order valence-corrected chi connectivity index (χ3v) is 6.92. The molecule has 0 atom stereocenters. The minimum absolute atomic E-state index is 0.160. The van der Waals surface area contributed by atoms with Gasteiger partial charge in [-0.25, -0.2) is 15.0 Å². The lowest BCUT2D eigenvalue weighted by Crippen LogP contribution is -2.35. The molecule has 0 unspecified atom stereocenters. The summed E-state index contributed by atoms with van der Waals surface area (Å²) in [5.41, 5.74) is 5.44. The minimum atomic E-state index is -4.56. The van der Waals surface area contributed by atoms with E-state index in [2.05, 4.69) is 20.3 Å². The average Bonchev–Trinajstić information content (AvgIpc) is 3.25. The van der Waals surface area contributed by atoms with Crippen molar-refractivity contribution >= 4 is 28.9 Å². The SMILES string of the molecule is Cc1cc(Nc2nccc(C(F)(F)F)n2)cc(-c2cnc([C@]3(O)CC[C@@H](C(N)=O)CC3)s2)c1. The Kier molecular flexibility index (Phi) is 6.10. The van der Waals surface area contributed by atoms with Crippen LogP contribution in [0, 0.1) is 12.8 Å². The van der Waals surface area contributed by atoms with Crippen LogP contribution in [-0.4, -0.2) is 26.0 Å². The lowest BCUT2D eigenvalue weighted by atomic mass is 9.79. The first-order valence-electron chi connectivity index (χ1n) is 10.3. The lowest BCUT2D eigenvalue weighted by Gasteiger charge is -2.33. The normalized spacial score (nSPS) is 21.1. The van der Waals surface area contributed by atoms with E-state index in [1.54, 1.807) is 18.3 Å². The van der Waals surface area contributed by atoms with Gasteiger partial charge in [0, 0.05) is 24.0 Å². The Hall–Kier alpha value is -3.05. The highest BCUT2D eigenvalue weighted by Crippen LogP contribution is 2.43. The molecule has 1 aromatic carbocycles.